The van der Waals surface area contributed by atoms with Gasteiger partial charge in [0.1, 0.15) is 17.5 Å². The summed E-state index contributed by atoms with van der Waals surface area (Å²) in [5, 5.41) is 14.3. The first-order chi connectivity index (χ1) is 11.6. The molecule has 1 amide bonds. The van der Waals surface area contributed by atoms with E-state index in [4.69, 9.17) is 18.8 Å². The third kappa shape index (κ3) is 3.24. The Bertz CT molecular complexity index is 686. The van der Waals surface area contributed by atoms with Gasteiger partial charge in [0.25, 0.3) is 5.91 Å². The van der Waals surface area contributed by atoms with Crippen LogP contribution in [0.3, 0.4) is 0 Å². The minimum Gasteiger partial charge on any atom is -0.382 e. The Hall–Kier alpha value is -2.85. The Kier molecular flexibility index (Phi) is 5.51. The van der Waals surface area contributed by atoms with E-state index in [0.29, 0.717) is 5.69 Å². The van der Waals surface area contributed by atoms with Gasteiger partial charge in [-0.05, 0) is 12.1 Å². The quantitative estimate of drug-likeness (QED) is 0.878. The summed E-state index contributed by atoms with van der Waals surface area (Å²) in [5.41, 5.74) is 6.55. The number of anilines is 1. The number of amides is 1. The largest absolute Gasteiger partial charge is 0.382 e. The van der Waals surface area contributed by atoms with Gasteiger partial charge >= 0.3 is 0 Å². The molecule has 0 unspecified atom stereocenters. The summed E-state index contributed by atoms with van der Waals surface area (Å²) in [6.07, 6.45) is 0. The predicted molar refractivity (Wildman–Crippen MR) is 87.4 cm³/mol. The van der Waals surface area contributed by atoms with E-state index in [9.17, 15) is 4.79 Å². The number of carbonyl (C=O) groups excluding carboxylic acids is 1. The molecule has 0 spiro atoms. The smallest absolute Gasteiger partial charge is 0.299 e. The van der Waals surface area contributed by atoms with E-state index < -0.39 is 5.91 Å². The van der Waals surface area contributed by atoms with Crippen molar-refractivity contribution in [3.05, 3.63) is 41.6 Å². The van der Waals surface area contributed by atoms with Crippen molar-refractivity contribution >= 4 is 11.7 Å². The van der Waals surface area contributed by atoms with Gasteiger partial charge in [0.05, 0.1) is 12.8 Å². The second kappa shape index (κ2) is 7.81. The van der Waals surface area contributed by atoms with Crippen molar-refractivity contribution < 1.29 is 14.0 Å². The lowest BCUT2D eigenvalue weighted by atomic mass is 10.2. The van der Waals surface area contributed by atoms with Gasteiger partial charge in [-0.25, -0.2) is 9.75 Å². The van der Waals surface area contributed by atoms with Gasteiger partial charge in [0.2, 0.25) is 0 Å². The number of benzene rings is 1. The summed E-state index contributed by atoms with van der Waals surface area (Å²) in [5.74, 6) is -0.419. The highest BCUT2D eigenvalue weighted by Gasteiger charge is 2.24. The van der Waals surface area contributed by atoms with Crippen LogP contribution in [-0.4, -0.2) is 34.9 Å². The average Bonchev–Trinajstić information content (AvgIpc) is 3.00. The van der Waals surface area contributed by atoms with Crippen molar-refractivity contribution in [3.63, 3.8) is 0 Å². The van der Waals surface area contributed by atoms with Gasteiger partial charge in [-0.3, -0.25) is 9.63 Å². The number of nitrogens with zero attached hydrogens (tertiary/aromatic N) is 4. The number of para-hydroxylation sites is 1. The van der Waals surface area contributed by atoms with Crippen LogP contribution in [0.4, 0.5) is 5.82 Å². The molecule has 7 nitrogen and oxygen atoms in total. The van der Waals surface area contributed by atoms with E-state index in [1.54, 1.807) is 12.1 Å². The Morgan fingerprint density at radius 2 is 2.05 bits per heavy atom. The molecule has 1 heterocycles. The number of hydroxylamine groups is 2. The molecule has 0 aliphatic heterocycles. The summed E-state index contributed by atoms with van der Waals surface area (Å²) in [6.45, 7) is 4.00. The molecule has 2 N–H and O–H groups in total. The van der Waals surface area contributed by atoms with Crippen molar-refractivity contribution in [2.75, 3.05) is 19.9 Å². The molecule has 0 atom stereocenters. The Labute approximate surface area is 134 Å². The SMILES string of the molecule is CC.CON(C)C(=O)c1nn(-c2ccccc2)c(N)c1C#N.[2HH].[2H][2H]. The first-order valence-corrected chi connectivity index (χ1v) is 6.76. The molecule has 1 aromatic carbocycles. The van der Waals surface area contributed by atoms with Gasteiger partial charge in [-0.1, -0.05) is 32.0 Å². The lowest BCUT2D eigenvalue weighted by molar-refractivity contribution is -0.0760. The Balaban J connectivity index is 0. The fourth-order valence-electron chi connectivity index (χ4n) is 1.69. The maximum atomic E-state index is 12.1. The number of carbonyl (C=O) groups is 1. The van der Waals surface area contributed by atoms with E-state index in [0.717, 1.165) is 5.06 Å². The zero-order valence-corrected chi connectivity index (χ0v) is 13.1. The maximum Gasteiger partial charge on any atom is 0.299 e. The highest BCUT2D eigenvalue weighted by atomic mass is 16.7. The van der Waals surface area contributed by atoms with Gasteiger partial charge in [-0.15, -0.1) is 0 Å². The van der Waals surface area contributed by atoms with E-state index in [-0.39, 0.29) is 18.5 Å². The normalized spacial score (nSPS) is 9.77. The monoisotopic (exact) mass is 308 g/mol. The van der Waals surface area contributed by atoms with E-state index >= 15 is 0 Å². The van der Waals surface area contributed by atoms with Crippen LogP contribution in [-0.2, 0) is 4.84 Å². The molecule has 1 aromatic heterocycles. The van der Waals surface area contributed by atoms with Crippen molar-refractivity contribution in [1.82, 2.24) is 14.8 Å². The molecule has 0 aliphatic carbocycles. The van der Waals surface area contributed by atoms with E-state index in [1.807, 2.05) is 38.1 Å². The standard InChI is InChI=1S/C13H13N5O2.C2H6.2H2/c1-17(20-2)13(19)11-10(8-14)12(15)18(16-11)9-6-4-3-5-7-9;1-2;;/h3-7H,15H2,1-2H3;1-2H3;2*1H/i;;1+1D;1+1. The molecule has 0 radical (unpaired) electrons. The van der Waals surface area contributed by atoms with E-state index in [2.05, 4.69) is 5.10 Å². The second-order valence-electron chi connectivity index (χ2n) is 3.95. The molecule has 0 saturated carbocycles. The van der Waals surface area contributed by atoms with Gasteiger partial charge in [0, 0.05) is 11.4 Å². The molecule has 0 saturated heterocycles. The molecule has 0 aliphatic rings. The number of hydrogen-bond donors (Lipinski definition) is 1. The number of nitriles is 1. The fraction of sp³-hybridized carbons (Fsp3) is 0.267. The first kappa shape index (κ1) is 15.5. The summed E-state index contributed by atoms with van der Waals surface area (Å²) >= 11 is 0. The number of aromatic nitrogens is 2. The fourth-order valence-corrected chi connectivity index (χ4v) is 1.69. The van der Waals surface area contributed by atoms with Crippen molar-refractivity contribution in [2.45, 2.75) is 13.8 Å². The minimum absolute atomic E-state index is 0. The zero-order valence-electron chi connectivity index (χ0n) is 15.1. The van der Waals surface area contributed by atoms with Crippen molar-refractivity contribution in [3.8, 4) is 11.8 Å². The first-order valence-electron chi connectivity index (χ1n) is 7.76. The van der Waals surface area contributed by atoms with Crippen LogP contribution in [0.1, 0.15) is 34.3 Å². The molecule has 2 aromatic rings. The summed E-state index contributed by atoms with van der Waals surface area (Å²) in [4.78, 5) is 16.9. The molecule has 7 heteroatoms. The van der Waals surface area contributed by atoms with Crippen LogP contribution < -0.4 is 5.73 Å². The van der Waals surface area contributed by atoms with Crippen molar-refractivity contribution in [2.24, 2.45) is 0 Å². The molecule has 0 bridgehead atoms. The Morgan fingerprint density at radius 1 is 1.45 bits per heavy atom. The number of hydrogen-bond acceptors (Lipinski definition) is 5. The van der Waals surface area contributed by atoms with Crippen LogP contribution in [0.25, 0.3) is 5.69 Å². The molecular formula is C15H23N5O2. The van der Waals surface area contributed by atoms with E-state index in [1.165, 1.54) is 18.8 Å². The highest BCUT2D eigenvalue weighted by molar-refractivity contribution is 5.95. The summed E-state index contributed by atoms with van der Waals surface area (Å²) in [6, 6.07) is 10.9. The number of nitrogens with two attached hydrogens (primary N) is 1. The third-order valence-electron chi connectivity index (χ3n) is 2.80. The topological polar surface area (TPSA) is 97.2 Å². The third-order valence-corrected chi connectivity index (χ3v) is 2.80. The summed E-state index contributed by atoms with van der Waals surface area (Å²) < 4.78 is 11.4. The van der Waals surface area contributed by atoms with Gasteiger partial charge in [-0.2, -0.15) is 10.4 Å². The predicted octanol–water partition coefficient (Wildman–Crippen LogP) is 2.48. The maximum absolute atomic E-state index is 12.1. The van der Waals surface area contributed by atoms with Crippen LogP contribution in [0.5, 0.6) is 0 Å². The Morgan fingerprint density at radius 3 is 2.55 bits per heavy atom. The van der Waals surface area contributed by atoms with Crippen LogP contribution in [0.15, 0.2) is 30.3 Å². The average molecular weight is 308 g/mol. The van der Waals surface area contributed by atoms with Gasteiger partial charge < -0.3 is 5.73 Å². The van der Waals surface area contributed by atoms with Crippen LogP contribution >= 0.6 is 0 Å². The minimum atomic E-state index is -0.537. The van der Waals surface area contributed by atoms with Gasteiger partial charge in [0.15, 0.2) is 5.69 Å². The number of nitrogen functional groups attached to an aromatic ring is 1. The lowest BCUT2D eigenvalue weighted by Crippen LogP contribution is -2.26. The summed E-state index contributed by atoms with van der Waals surface area (Å²) in [7, 11) is 2.78. The second-order valence-corrected chi connectivity index (χ2v) is 3.95. The van der Waals surface area contributed by atoms with Crippen LogP contribution in [0, 0.1) is 11.3 Å². The molecular weight excluding hydrogens is 282 g/mol. The molecule has 22 heavy (non-hydrogen) atoms. The molecule has 2 rings (SSSR count). The molecule has 120 valence electrons. The lowest BCUT2D eigenvalue weighted by Gasteiger charge is -2.11. The van der Waals surface area contributed by atoms with Crippen molar-refractivity contribution in [1.29, 1.82) is 5.26 Å². The van der Waals surface area contributed by atoms with Crippen LogP contribution in [0.2, 0.25) is 0 Å². The number of rotatable bonds is 3. The zero-order chi connectivity index (χ0) is 18.7. The highest BCUT2D eigenvalue weighted by Crippen LogP contribution is 2.21. The molecule has 0 fully saturated rings.